The van der Waals surface area contributed by atoms with Gasteiger partial charge < -0.3 is 4.74 Å². The molecular formula is C22H27NO5S2. The molecule has 1 saturated carbocycles. The molecule has 0 amide bonds. The lowest BCUT2D eigenvalue weighted by Crippen LogP contribution is -2.58. The molecule has 2 aromatic carbocycles. The van der Waals surface area contributed by atoms with E-state index < -0.39 is 25.1 Å². The second-order valence-electron chi connectivity index (χ2n) is 8.13. The number of aryl methyl sites for hydroxylation is 1. The van der Waals surface area contributed by atoms with E-state index in [0.29, 0.717) is 24.3 Å². The Bertz CT molecular complexity index is 1100. The summed E-state index contributed by atoms with van der Waals surface area (Å²) in [6, 6.07) is 13.8. The van der Waals surface area contributed by atoms with Crippen LogP contribution in [0.4, 0.5) is 0 Å². The van der Waals surface area contributed by atoms with E-state index in [2.05, 4.69) is 0 Å². The summed E-state index contributed by atoms with van der Waals surface area (Å²) in [5.74, 6) is 1.26. The molecule has 0 unspecified atom stereocenters. The highest BCUT2D eigenvalue weighted by Crippen LogP contribution is 2.33. The van der Waals surface area contributed by atoms with Crippen molar-refractivity contribution < 1.29 is 21.6 Å². The van der Waals surface area contributed by atoms with Crippen molar-refractivity contribution in [3.05, 3.63) is 54.1 Å². The quantitative estimate of drug-likeness (QED) is 0.668. The van der Waals surface area contributed by atoms with Gasteiger partial charge in [0.1, 0.15) is 11.5 Å². The molecule has 1 aliphatic heterocycles. The molecule has 162 valence electrons. The Kier molecular flexibility index (Phi) is 5.92. The number of para-hydroxylation sites is 1. The van der Waals surface area contributed by atoms with E-state index in [0.717, 1.165) is 24.8 Å². The first-order chi connectivity index (χ1) is 14.3. The Morgan fingerprint density at radius 3 is 2.10 bits per heavy atom. The number of nitrogens with zero attached hydrogens (tertiary/aromatic N) is 1. The van der Waals surface area contributed by atoms with Gasteiger partial charge >= 0.3 is 0 Å². The molecule has 0 aromatic heterocycles. The summed E-state index contributed by atoms with van der Waals surface area (Å²) >= 11 is 0. The number of hydrogen-bond acceptors (Lipinski definition) is 5. The molecular weight excluding hydrogens is 422 g/mol. The van der Waals surface area contributed by atoms with Gasteiger partial charge in [-0.05, 0) is 55.7 Å². The number of hydrogen-bond donors (Lipinski definition) is 0. The summed E-state index contributed by atoms with van der Waals surface area (Å²) in [5.41, 5.74) is 0.986. The van der Waals surface area contributed by atoms with Gasteiger partial charge in [-0.25, -0.2) is 16.8 Å². The lowest BCUT2D eigenvalue weighted by atomic mass is 10.0. The van der Waals surface area contributed by atoms with Gasteiger partial charge in [-0.1, -0.05) is 37.5 Å². The molecule has 30 heavy (non-hydrogen) atoms. The molecule has 8 heteroatoms. The largest absolute Gasteiger partial charge is 0.457 e. The average Bonchev–Trinajstić information content (AvgIpc) is 2.69. The van der Waals surface area contributed by atoms with E-state index in [1.165, 1.54) is 16.4 Å². The van der Waals surface area contributed by atoms with Crippen LogP contribution in [0.15, 0.2) is 53.4 Å². The van der Waals surface area contributed by atoms with Crippen LogP contribution in [0.25, 0.3) is 0 Å². The highest BCUT2D eigenvalue weighted by Gasteiger charge is 2.46. The Balaban J connectivity index is 1.41. The van der Waals surface area contributed by atoms with Gasteiger partial charge in [-0.15, -0.1) is 0 Å². The van der Waals surface area contributed by atoms with Crippen molar-refractivity contribution in [1.29, 1.82) is 0 Å². The molecule has 6 nitrogen and oxygen atoms in total. The summed E-state index contributed by atoms with van der Waals surface area (Å²) in [6.07, 6.45) is 4.37. The van der Waals surface area contributed by atoms with Crippen LogP contribution in [0.2, 0.25) is 0 Å². The highest BCUT2D eigenvalue weighted by atomic mass is 32.2. The molecule has 1 heterocycles. The van der Waals surface area contributed by atoms with Crippen molar-refractivity contribution in [1.82, 2.24) is 4.31 Å². The maximum Gasteiger partial charge on any atom is 0.243 e. The van der Waals surface area contributed by atoms with Crippen LogP contribution in [0.5, 0.6) is 11.5 Å². The second-order valence-corrected chi connectivity index (χ2v) is 12.6. The smallest absolute Gasteiger partial charge is 0.243 e. The Hall–Kier alpha value is -1.90. The van der Waals surface area contributed by atoms with E-state index in [4.69, 9.17) is 4.74 Å². The predicted molar refractivity (Wildman–Crippen MR) is 116 cm³/mol. The Morgan fingerprint density at radius 1 is 0.833 bits per heavy atom. The van der Waals surface area contributed by atoms with Gasteiger partial charge in [0.15, 0.2) is 9.84 Å². The number of sulfonamides is 1. The van der Waals surface area contributed by atoms with Crippen molar-refractivity contribution in [3.8, 4) is 11.5 Å². The van der Waals surface area contributed by atoms with Gasteiger partial charge in [0, 0.05) is 13.1 Å². The number of benzene rings is 2. The summed E-state index contributed by atoms with van der Waals surface area (Å²) in [5, 5.41) is -0.891. The summed E-state index contributed by atoms with van der Waals surface area (Å²) in [4.78, 5) is 0.146. The predicted octanol–water partition coefficient (Wildman–Crippen LogP) is 3.91. The van der Waals surface area contributed by atoms with E-state index >= 15 is 0 Å². The molecule has 2 aromatic rings. The molecule has 1 saturated heterocycles. The number of sulfone groups is 1. The third-order valence-electron chi connectivity index (χ3n) is 6.08. The first kappa shape index (κ1) is 21.3. The van der Waals surface area contributed by atoms with E-state index in [-0.39, 0.29) is 23.2 Å². The van der Waals surface area contributed by atoms with Gasteiger partial charge in [-0.2, -0.15) is 4.31 Å². The number of rotatable bonds is 6. The van der Waals surface area contributed by atoms with Crippen molar-refractivity contribution in [3.63, 3.8) is 0 Å². The van der Waals surface area contributed by atoms with Crippen LogP contribution in [-0.4, -0.2) is 44.7 Å². The normalized spacial score (nSPS) is 19.4. The third kappa shape index (κ3) is 4.13. The maximum atomic E-state index is 12.9. The fourth-order valence-corrected chi connectivity index (χ4v) is 8.13. The molecule has 2 aliphatic rings. The van der Waals surface area contributed by atoms with Crippen molar-refractivity contribution in [2.45, 2.75) is 54.4 Å². The van der Waals surface area contributed by atoms with Crippen molar-refractivity contribution >= 4 is 19.9 Å². The van der Waals surface area contributed by atoms with Crippen molar-refractivity contribution in [2.24, 2.45) is 0 Å². The van der Waals surface area contributed by atoms with Gasteiger partial charge in [0.25, 0.3) is 0 Å². The fourth-order valence-electron chi connectivity index (χ4n) is 4.10. The summed E-state index contributed by atoms with van der Waals surface area (Å²) < 4.78 is 58.4. The Labute approximate surface area is 178 Å². The minimum Gasteiger partial charge on any atom is -0.457 e. The topological polar surface area (TPSA) is 80.8 Å². The van der Waals surface area contributed by atoms with Crippen LogP contribution in [0, 0.1) is 6.92 Å². The Morgan fingerprint density at radius 2 is 1.47 bits per heavy atom. The number of ether oxygens (including phenoxy) is 1. The van der Waals surface area contributed by atoms with Crippen LogP contribution in [-0.2, 0) is 19.9 Å². The zero-order chi connectivity index (χ0) is 21.4. The molecule has 0 spiro atoms. The SMILES string of the molecule is Cc1ccccc1Oc1ccc(S(=O)(=O)N2CC(S(=O)(=O)C3CCCCC3)C2)cc1. The van der Waals surface area contributed by atoms with E-state index in [1.807, 2.05) is 31.2 Å². The lowest BCUT2D eigenvalue weighted by Gasteiger charge is -2.39. The van der Waals surface area contributed by atoms with Crippen molar-refractivity contribution in [2.75, 3.05) is 13.1 Å². The molecule has 0 radical (unpaired) electrons. The summed E-state index contributed by atoms with van der Waals surface area (Å²) in [6.45, 7) is 2.03. The first-order valence-corrected chi connectivity index (χ1v) is 13.4. The average molecular weight is 450 g/mol. The molecule has 0 atom stereocenters. The molecule has 1 aliphatic carbocycles. The van der Waals surface area contributed by atoms with Crippen LogP contribution >= 0.6 is 0 Å². The zero-order valence-electron chi connectivity index (χ0n) is 17.0. The van der Waals surface area contributed by atoms with Gasteiger partial charge in [0.2, 0.25) is 10.0 Å². The van der Waals surface area contributed by atoms with Gasteiger partial charge in [-0.3, -0.25) is 0 Å². The standard InChI is InChI=1S/C22H27NO5S2/c1-17-7-5-6-10-22(17)28-18-11-13-20(14-12-18)30(26,27)23-15-21(16-23)29(24,25)19-8-3-2-4-9-19/h5-7,10-14,19,21H,2-4,8-9,15-16H2,1H3. The first-order valence-electron chi connectivity index (χ1n) is 10.3. The molecule has 2 fully saturated rings. The van der Waals surface area contributed by atoms with E-state index in [1.54, 1.807) is 12.1 Å². The summed E-state index contributed by atoms with van der Waals surface area (Å²) in [7, 11) is -6.98. The van der Waals surface area contributed by atoms with Crippen LogP contribution < -0.4 is 4.74 Å². The van der Waals surface area contributed by atoms with E-state index in [9.17, 15) is 16.8 Å². The maximum absolute atomic E-state index is 12.9. The van der Waals surface area contributed by atoms with Crippen LogP contribution in [0.1, 0.15) is 37.7 Å². The van der Waals surface area contributed by atoms with Gasteiger partial charge in [0.05, 0.1) is 15.4 Å². The molecule has 0 N–H and O–H groups in total. The molecule has 4 rings (SSSR count). The second kappa shape index (κ2) is 8.32. The van der Waals surface area contributed by atoms with Crippen LogP contribution in [0.3, 0.4) is 0 Å². The fraction of sp³-hybridized carbons (Fsp3) is 0.455. The highest BCUT2D eigenvalue weighted by molar-refractivity contribution is 7.93. The minimum absolute atomic E-state index is 0.0443. The third-order valence-corrected chi connectivity index (χ3v) is 10.6. The molecule has 0 bridgehead atoms. The lowest BCUT2D eigenvalue weighted by molar-refractivity contribution is 0.306. The minimum atomic E-state index is -3.71. The monoisotopic (exact) mass is 449 g/mol. The zero-order valence-corrected chi connectivity index (χ0v) is 18.7.